The summed E-state index contributed by atoms with van der Waals surface area (Å²) in [5.41, 5.74) is 0.172. The average molecular weight is 400 g/mol. The second-order valence-electron chi connectivity index (χ2n) is 8.96. The van der Waals surface area contributed by atoms with Crippen molar-refractivity contribution in [1.29, 1.82) is 0 Å². The van der Waals surface area contributed by atoms with E-state index in [9.17, 15) is 9.59 Å². The highest BCUT2D eigenvalue weighted by Crippen LogP contribution is 2.59. The third-order valence-electron chi connectivity index (χ3n) is 7.43. The molecular formula is C22H28N2O5. The molecule has 5 aliphatic rings. The van der Waals surface area contributed by atoms with Gasteiger partial charge in [-0.25, -0.2) is 0 Å². The van der Waals surface area contributed by atoms with E-state index in [0.717, 1.165) is 11.8 Å². The zero-order valence-corrected chi connectivity index (χ0v) is 16.7. The van der Waals surface area contributed by atoms with Crippen LogP contribution in [0.5, 0.6) is 11.5 Å². The summed E-state index contributed by atoms with van der Waals surface area (Å²) < 4.78 is 17.0. The lowest BCUT2D eigenvalue weighted by Crippen LogP contribution is -2.63. The summed E-state index contributed by atoms with van der Waals surface area (Å²) in [6, 6.07) is 5.11. The Bertz CT molecular complexity index is 795. The van der Waals surface area contributed by atoms with Gasteiger partial charge in [0.1, 0.15) is 13.2 Å². The fraction of sp³-hybridized carbons (Fsp3) is 0.636. The molecule has 0 radical (unpaired) electrons. The van der Waals surface area contributed by atoms with E-state index in [-0.39, 0.29) is 5.60 Å². The Labute approximate surface area is 170 Å². The highest BCUT2D eigenvalue weighted by atomic mass is 16.6. The van der Waals surface area contributed by atoms with Crippen LogP contribution in [0.15, 0.2) is 18.2 Å². The van der Waals surface area contributed by atoms with Crippen molar-refractivity contribution in [2.45, 2.75) is 37.7 Å². The first-order valence-corrected chi connectivity index (χ1v) is 10.6. The first-order chi connectivity index (χ1) is 14.1. The van der Waals surface area contributed by atoms with E-state index in [4.69, 9.17) is 14.2 Å². The van der Waals surface area contributed by atoms with Crippen LogP contribution in [0, 0.1) is 23.7 Å². The lowest BCUT2D eigenvalue weighted by Gasteiger charge is -2.60. The molecule has 1 aromatic rings. The zero-order chi connectivity index (χ0) is 20.0. The topological polar surface area (TPSA) is 85.9 Å². The standard InChI is InChI=1S/C22H28N2O5/c1-27-22(15-7-13-6-14(9-15)10-16(22)8-13)12-23-20(25)21(26)24-17-2-3-18-19(11-17)29-5-4-28-18/h2-3,11,13-16H,4-10,12H2,1H3,(H,23,25)(H,24,26). The second-order valence-corrected chi connectivity index (χ2v) is 8.96. The third kappa shape index (κ3) is 3.25. The molecule has 0 unspecified atom stereocenters. The fourth-order valence-corrected chi connectivity index (χ4v) is 6.28. The van der Waals surface area contributed by atoms with Crippen molar-refractivity contribution in [2.75, 3.05) is 32.2 Å². The molecule has 0 spiro atoms. The highest BCUT2D eigenvalue weighted by Gasteiger charge is 2.57. The minimum Gasteiger partial charge on any atom is -0.486 e. The lowest BCUT2D eigenvalue weighted by atomic mass is 9.49. The van der Waals surface area contributed by atoms with Crippen LogP contribution in [0.25, 0.3) is 0 Å². The number of nitrogens with one attached hydrogen (secondary N) is 2. The van der Waals surface area contributed by atoms with E-state index in [1.165, 1.54) is 32.1 Å². The maximum atomic E-state index is 12.5. The minimum atomic E-state index is -0.684. The number of benzene rings is 1. The molecule has 4 aliphatic carbocycles. The van der Waals surface area contributed by atoms with Crippen molar-refractivity contribution in [2.24, 2.45) is 23.7 Å². The Morgan fingerprint density at radius 3 is 2.31 bits per heavy atom. The van der Waals surface area contributed by atoms with Crippen LogP contribution in [0.4, 0.5) is 5.69 Å². The molecule has 0 saturated heterocycles. The van der Waals surface area contributed by atoms with Crippen LogP contribution in [0.3, 0.4) is 0 Å². The van der Waals surface area contributed by atoms with Crippen molar-refractivity contribution < 1.29 is 23.8 Å². The summed E-state index contributed by atoms with van der Waals surface area (Å²) in [6.45, 7) is 1.37. The summed E-state index contributed by atoms with van der Waals surface area (Å²) >= 11 is 0. The number of methoxy groups -OCH3 is 1. The van der Waals surface area contributed by atoms with Crippen molar-refractivity contribution in [1.82, 2.24) is 5.32 Å². The molecule has 1 heterocycles. The first kappa shape index (κ1) is 18.7. The molecule has 1 aliphatic heterocycles. The molecule has 4 fully saturated rings. The van der Waals surface area contributed by atoms with Gasteiger partial charge in [0.2, 0.25) is 0 Å². The number of carbonyl (C=O) groups excluding carboxylic acids is 2. The molecule has 7 heteroatoms. The summed E-state index contributed by atoms with van der Waals surface area (Å²) in [5, 5.41) is 5.50. The van der Waals surface area contributed by atoms with Crippen LogP contribution in [0.1, 0.15) is 32.1 Å². The number of rotatable bonds is 4. The Morgan fingerprint density at radius 1 is 1.00 bits per heavy atom. The van der Waals surface area contributed by atoms with Gasteiger partial charge >= 0.3 is 11.8 Å². The maximum Gasteiger partial charge on any atom is 0.313 e. The van der Waals surface area contributed by atoms with Gasteiger partial charge in [-0.05, 0) is 67.9 Å². The summed E-state index contributed by atoms with van der Waals surface area (Å²) in [7, 11) is 1.75. The van der Waals surface area contributed by atoms with E-state index >= 15 is 0 Å². The van der Waals surface area contributed by atoms with E-state index in [1.54, 1.807) is 25.3 Å². The van der Waals surface area contributed by atoms with Crippen LogP contribution in [0.2, 0.25) is 0 Å². The summed E-state index contributed by atoms with van der Waals surface area (Å²) in [4.78, 5) is 24.9. The minimum absolute atomic E-state index is 0.333. The Balaban J connectivity index is 1.22. The maximum absolute atomic E-state index is 12.5. The van der Waals surface area contributed by atoms with Crippen molar-refractivity contribution in [3.63, 3.8) is 0 Å². The molecule has 2 N–H and O–H groups in total. The van der Waals surface area contributed by atoms with E-state index in [0.29, 0.717) is 48.8 Å². The number of carbonyl (C=O) groups is 2. The predicted molar refractivity (Wildman–Crippen MR) is 106 cm³/mol. The van der Waals surface area contributed by atoms with Crippen molar-refractivity contribution in [3.05, 3.63) is 18.2 Å². The van der Waals surface area contributed by atoms with Gasteiger partial charge in [0.15, 0.2) is 11.5 Å². The van der Waals surface area contributed by atoms with Gasteiger partial charge in [0.25, 0.3) is 0 Å². The van der Waals surface area contributed by atoms with Gasteiger partial charge in [-0.3, -0.25) is 9.59 Å². The van der Waals surface area contributed by atoms with Crippen LogP contribution in [-0.2, 0) is 14.3 Å². The molecule has 7 nitrogen and oxygen atoms in total. The molecule has 0 atom stereocenters. The molecule has 29 heavy (non-hydrogen) atoms. The SMILES string of the molecule is COC1(CNC(=O)C(=O)Nc2ccc3c(c2)OCCO3)C2CC3CC(C2)CC1C3. The quantitative estimate of drug-likeness (QED) is 0.758. The van der Waals surface area contributed by atoms with Crippen LogP contribution >= 0.6 is 0 Å². The summed E-state index contributed by atoms with van der Waals surface area (Å²) in [5.74, 6) is 2.48. The van der Waals surface area contributed by atoms with Gasteiger partial charge in [-0.1, -0.05) is 0 Å². The Kier molecular flexibility index (Phi) is 4.65. The molecular weight excluding hydrogens is 372 g/mol. The predicted octanol–water partition coefficient (Wildman–Crippen LogP) is 2.35. The summed E-state index contributed by atoms with van der Waals surface area (Å²) in [6.07, 6.45) is 6.08. The van der Waals surface area contributed by atoms with Crippen LogP contribution in [-0.4, -0.2) is 44.3 Å². The molecule has 156 valence electrons. The molecule has 4 saturated carbocycles. The number of hydrogen-bond donors (Lipinski definition) is 2. The van der Waals surface area contributed by atoms with Crippen molar-refractivity contribution in [3.8, 4) is 11.5 Å². The Hall–Kier alpha value is -2.28. The van der Waals surface area contributed by atoms with Gasteiger partial charge < -0.3 is 24.8 Å². The smallest absolute Gasteiger partial charge is 0.313 e. The Morgan fingerprint density at radius 2 is 1.66 bits per heavy atom. The second kappa shape index (κ2) is 7.20. The molecule has 6 rings (SSSR count). The normalized spacial score (nSPS) is 34.0. The fourth-order valence-electron chi connectivity index (χ4n) is 6.28. The number of ether oxygens (including phenoxy) is 3. The van der Waals surface area contributed by atoms with E-state index in [2.05, 4.69) is 10.6 Å². The largest absolute Gasteiger partial charge is 0.486 e. The monoisotopic (exact) mass is 400 g/mol. The number of hydrogen-bond acceptors (Lipinski definition) is 5. The number of anilines is 1. The number of amides is 2. The van der Waals surface area contributed by atoms with Crippen LogP contribution < -0.4 is 20.1 Å². The van der Waals surface area contributed by atoms with Gasteiger partial charge in [0.05, 0.1) is 5.60 Å². The van der Waals surface area contributed by atoms with Crippen molar-refractivity contribution >= 4 is 17.5 Å². The molecule has 2 amide bonds. The average Bonchev–Trinajstić information content (AvgIpc) is 2.73. The first-order valence-electron chi connectivity index (χ1n) is 10.6. The molecule has 4 bridgehead atoms. The van der Waals surface area contributed by atoms with E-state index < -0.39 is 11.8 Å². The lowest BCUT2D eigenvalue weighted by molar-refractivity contribution is -0.188. The van der Waals surface area contributed by atoms with E-state index in [1.807, 2.05) is 0 Å². The molecule has 0 aromatic heterocycles. The van der Waals surface area contributed by atoms with Gasteiger partial charge in [0, 0.05) is 25.4 Å². The van der Waals surface area contributed by atoms with Gasteiger partial charge in [-0.2, -0.15) is 0 Å². The highest BCUT2D eigenvalue weighted by molar-refractivity contribution is 6.39. The third-order valence-corrected chi connectivity index (χ3v) is 7.43. The molecule has 1 aromatic carbocycles. The number of fused-ring (bicyclic) bond motifs is 1. The van der Waals surface area contributed by atoms with Gasteiger partial charge in [-0.15, -0.1) is 0 Å². The zero-order valence-electron chi connectivity index (χ0n) is 16.7.